The van der Waals surface area contributed by atoms with Crippen LogP contribution in [-0.2, 0) is 9.59 Å². The molecule has 3 rings (SSSR count). The van der Waals surface area contributed by atoms with Crippen molar-refractivity contribution in [3.8, 4) is 17.2 Å². The molecule has 0 aliphatic heterocycles. The Morgan fingerprint density at radius 3 is 2.06 bits per heavy atom. The summed E-state index contributed by atoms with van der Waals surface area (Å²) >= 11 is 0. The monoisotopic (exact) mass is 420 g/mol. The van der Waals surface area contributed by atoms with Crippen molar-refractivity contribution < 1.29 is 23.8 Å². The number of hydrogen-bond acceptors (Lipinski definition) is 5. The first-order chi connectivity index (χ1) is 15.0. The maximum absolute atomic E-state index is 12.4. The number of carbonyl (C=O) groups is 2. The summed E-state index contributed by atoms with van der Waals surface area (Å²) in [5, 5.41) is 5.54. The standard InChI is InChI=1S/C24H24N2O5/c1-17-12-13-19(25-23(27)15-30-18-8-4-3-5-9-18)20(14-17)26-24(28)16-31-22-11-7-6-10-21(22)29-2/h3-14H,15-16H2,1-2H3,(H,25,27)(H,26,28). The SMILES string of the molecule is COc1ccccc1OCC(=O)Nc1cc(C)ccc1NC(=O)COc1ccccc1. The lowest BCUT2D eigenvalue weighted by atomic mass is 10.2. The van der Waals surface area contributed by atoms with E-state index in [1.807, 2.05) is 37.3 Å². The highest BCUT2D eigenvalue weighted by Gasteiger charge is 2.12. The van der Waals surface area contributed by atoms with E-state index in [0.29, 0.717) is 28.6 Å². The zero-order valence-electron chi connectivity index (χ0n) is 17.4. The lowest BCUT2D eigenvalue weighted by Crippen LogP contribution is -2.24. The van der Waals surface area contributed by atoms with Gasteiger partial charge in [0.25, 0.3) is 11.8 Å². The van der Waals surface area contributed by atoms with Crippen LogP contribution in [0.5, 0.6) is 17.2 Å². The zero-order chi connectivity index (χ0) is 22.1. The molecule has 3 aromatic rings. The molecular formula is C24H24N2O5. The molecule has 7 heteroatoms. The fourth-order valence-corrected chi connectivity index (χ4v) is 2.79. The van der Waals surface area contributed by atoms with E-state index in [1.54, 1.807) is 42.5 Å². The van der Waals surface area contributed by atoms with Crippen molar-refractivity contribution in [3.05, 3.63) is 78.4 Å². The van der Waals surface area contributed by atoms with Crippen LogP contribution in [0.1, 0.15) is 5.56 Å². The second-order valence-corrected chi connectivity index (χ2v) is 6.69. The van der Waals surface area contributed by atoms with Crippen molar-refractivity contribution in [2.75, 3.05) is 31.0 Å². The normalized spacial score (nSPS) is 10.1. The van der Waals surface area contributed by atoms with Crippen LogP contribution in [0.15, 0.2) is 72.8 Å². The number of hydrogen-bond donors (Lipinski definition) is 2. The Kier molecular flexibility index (Phi) is 7.48. The van der Waals surface area contributed by atoms with Crippen molar-refractivity contribution in [1.29, 1.82) is 0 Å². The van der Waals surface area contributed by atoms with Crippen molar-refractivity contribution in [1.82, 2.24) is 0 Å². The van der Waals surface area contributed by atoms with Gasteiger partial charge in [-0.3, -0.25) is 9.59 Å². The van der Waals surface area contributed by atoms with Crippen LogP contribution in [0.2, 0.25) is 0 Å². The molecule has 0 unspecified atom stereocenters. The van der Waals surface area contributed by atoms with Gasteiger partial charge in [-0.05, 0) is 48.9 Å². The summed E-state index contributed by atoms with van der Waals surface area (Å²) < 4.78 is 16.2. The van der Waals surface area contributed by atoms with Crippen LogP contribution in [-0.4, -0.2) is 32.1 Å². The van der Waals surface area contributed by atoms with E-state index in [1.165, 1.54) is 7.11 Å². The molecule has 0 atom stereocenters. The summed E-state index contributed by atoms with van der Waals surface area (Å²) in [6, 6.07) is 21.5. The van der Waals surface area contributed by atoms with Gasteiger partial charge in [-0.25, -0.2) is 0 Å². The minimum Gasteiger partial charge on any atom is -0.493 e. The molecule has 2 N–H and O–H groups in total. The van der Waals surface area contributed by atoms with Gasteiger partial charge >= 0.3 is 0 Å². The van der Waals surface area contributed by atoms with E-state index in [-0.39, 0.29) is 25.0 Å². The fraction of sp³-hybridized carbons (Fsp3) is 0.167. The third kappa shape index (κ3) is 6.50. The van der Waals surface area contributed by atoms with Gasteiger partial charge in [0.05, 0.1) is 18.5 Å². The van der Waals surface area contributed by atoms with Gasteiger partial charge in [0.15, 0.2) is 24.7 Å². The van der Waals surface area contributed by atoms with E-state index in [4.69, 9.17) is 14.2 Å². The topological polar surface area (TPSA) is 85.9 Å². The van der Waals surface area contributed by atoms with Crippen LogP contribution < -0.4 is 24.8 Å². The van der Waals surface area contributed by atoms with Gasteiger partial charge in [-0.2, -0.15) is 0 Å². The van der Waals surface area contributed by atoms with E-state index in [0.717, 1.165) is 5.56 Å². The molecule has 0 aromatic heterocycles. The average Bonchev–Trinajstić information content (AvgIpc) is 2.79. The minimum atomic E-state index is -0.368. The lowest BCUT2D eigenvalue weighted by molar-refractivity contribution is -0.119. The van der Waals surface area contributed by atoms with Gasteiger partial charge < -0.3 is 24.8 Å². The average molecular weight is 420 g/mol. The van der Waals surface area contributed by atoms with Crippen molar-refractivity contribution in [3.63, 3.8) is 0 Å². The number of carbonyl (C=O) groups excluding carboxylic acids is 2. The number of aryl methyl sites for hydroxylation is 1. The van der Waals surface area contributed by atoms with Crippen LogP contribution in [0.3, 0.4) is 0 Å². The van der Waals surface area contributed by atoms with Gasteiger partial charge in [0.2, 0.25) is 0 Å². The van der Waals surface area contributed by atoms with E-state index in [9.17, 15) is 9.59 Å². The zero-order valence-corrected chi connectivity index (χ0v) is 17.4. The number of nitrogens with one attached hydrogen (secondary N) is 2. The molecule has 0 saturated carbocycles. The molecule has 3 aromatic carbocycles. The van der Waals surface area contributed by atoms with Crippen molar-refractivity contribution in [2.24, 2.45) is 0 Å². The van der Waals surface area contributed by atoms with E-state index < -0.39 is 0 Å². The molecular weight excluding hydrogens is 396 g/mol. The Morgan fingerprint density at radius 1 is 0.742 bits per heavy atom. The maximum atomic E-state index is 12.4. The largest absolute Gasteiger partial charge is 0.493 e. The highest BCUT2D eigenvalue weighted by atomic mass is 16.5. The lowest BCUT2D eigenvalue weighted by Gasteiger charge is -2.14. The summed E-state index contributed by atoms with van der Waals surface area (Å²) in [7, 11) is 1.53. The molecule has 0 heterocycles. The molecule has 0 fully saturated rings. The number of amides is 2. The minimum absolute atomic E-state index is 0.151. The molecule has 0 radical (unpaired) electrons. The summed E-state index contributed by atoms with van der Waals surface area (Å²) in [5.74, 6) is 0.901. The number of methoxy groups -OCH3 is 1. The second-order valence-electron chi connectivity index (χ2n) is 6.69. The molecule has 0 aliphatic carbocycles. The maximum Gasteiger partial charge on any atom is 0.262 e. The molecule has 0 spiro atoms. The van der Waals surface area contributed by atoms with Crippen LogP contribution >= 0.6 is 0 Å². The molecule has 0 bridgehead atoms. The number of benzene rings is 3. The number of rotatable bonds is 9. The Balaban J connectivity index is 1.59. The quantitative estimate of drug-likeness (QED) is 0.546. The van der Waals surface area contributed by atoms with Gasteiger partial charge in [-0.1, -0.05) is 36.4 Å². The summed E-state index contributed by atoms with van der Waals surface area (Å²) in [6.07, 6.45) is 0. The summed E-state index contributed by atoms with van der Waals surface area (Å²) in [4.78, 5) is 24.7. The predicted molar refractivity (Wildman–Crippen MR) is 119 cm³/mol. The highest BCUT2D eigenvalue weighted by molar-refractivity contribution is 6.00. The van der Waals surface area contributed by atoms with Gasteiger partial charge in [0, 0.05) is 0 Å². The Morgan fingerprint density at radius 2 is 1.35 bits per heavy atom. The summed E-state index contributed by atoms with van der Waals surface area (Å²) in [5.41, 5.74) is 1.87. The molecule has 0 saturated heterocycles. The molecule has 31 heavy (non-hydrogen) atoms. The fourth-order valence-electron chi connectivity index (χ4n) is 2.79. The second kappa shape index (κ2) is 10.7. The summed E-state index contributed by atoms with van der Waals surface area (Å²) in [6.45, 7) is 1.53. The molecule has 0 aliphatic rings. The third-order valence-corrected chi connectivity index (χ3v) is 4.26. The van der Waals surface area contributed by atoms with Gasteiger partial charge in [-0.15, -0.1) is 0 Å². The molecule has 2 amide bonds. The Bertz CT molecular complexity index is 1040. The van der Waals surface area contributed by atoms with Crippen molar-refractivity contribution in [2.45, 2.75) is 6.92 Å². The van der Waals surface area contributed by atoms with Gasteiger partial charge in [0.1, 0.15) is 5.75 Å². The first-order valence-electron chi connectivity index (χ1n) is 9.69. The van der Waals surface area contributed by atoms with E-state index in [2.05, 4.69) is 10.6 Å². The first-order valence-corrected chi connectivity index (χ1v) is 9.69. The van der Waals surface area contributed by atoms with Crippen LogP contribution in [0, 0.1) is 6.92 Å². The highest BCUT2D eigenvalue weighted by Crippen LogP contribution is 2.26. The number of para-hydroxylation sites is 3. The number of anilines is 2. The van der Waals surface area contributed by atoms with E-state index >= 15 is 0 Å². The van der Waals surface area contributed by atoms with Crippen LogP contribution in [0.25, 0.3) is 0 Å². The number of ether oxygens (including phenoxy) is 3. The van der Waals surface area contributed by atoms with Crippen molar-refractivity contribution >= 4 is 23.2 Å². The predicted octanol–water partition coefficient (Wildman–Crippen LogP) is 4.04. The molecule has 7 nitrogen and oxygen atoms in total. The Labute approximate surface area is 180 Å². The Hall–Kier alpha value is -4.00. The first kappa shape index (κ1) is 21.7. The smallest absolute Gasteiger partial charge is 0.262 e. The molecule has 160 valence electrons. The third-order valence-electron chi connectivity index (χ3n) is 4.26. The van der Waals surface area contributed by atoms with Crippen LogP contribution in [0.4, 0.5) is 11.4 Å².